The van der Waals surface area contributed by atoms with Crippen LogP contribution in [0.1, 0.15) is 36.0 Å². The Balaban J connectivity index is 0.00000144. The second-order valence-electron chi connectivity index (χ2n) is 4.33. The number of amides is 1. The SMILES string of the molecule is Cl.Nc1cccc(C(=O)N2CCCCCC2)c1. The predicted molar refractivity (Wildman–Crippen MR) is 72.5 cm³/mol. The fourth-order valence-electron chi connectivity index (χ4n) is 2.13. The van der Waals surface area contributed by atoms with E-state index in [0.29, 0.717) is 11.3 Å². The molecule has 17 heavy (non-hydrogen) atoms. The molecule has 0 aromatic heterocycles. The zero-order valence-corrected chi connectivity index (χ0v) is 10.7. The van der Waals surface area contributed by atoms with Crippen LogP contribution in [0, 0.1) is 0 Å². The summed E-state index contributed by atoms with van der Waals surface area (Å²) < 4.78 is 0. The van der Waals surface area contributed by atoms with E-state index in [1.54, 1.807) is 12.1 Å². The quantitative estimate of drug-likeness (QED) is 0.784. The van der Waals surface area contributed by atoms with Crippen molar-refractivity contribution in [2.24, 2.45) is 0 Å². The van der Waals surface area contributed by atoms with Crippen LogP contribution in [0.5, 0.6) is 0 Å². The Hall–Kier alpha value is -1.22. The highest BCUT2D eigenvalue weighted by atomic mass is 35.5. The smallest absolute Gasteiger partial charge is 0.253 e. The van der Waals surface area contributed by atoms with E-state index in [9.17, 15) is 4.79 Å². The molecule has 1 amide bonds. The van der Waals surface area contributed by atoms with Gasteiger partial charge < -0.3 is 10.6 Å². The number of nitrogens with two attached hydrogens (primary N) is 1. The van der Waals surface area contributed by atoms with Gasteiger partial charge in [-0.3, -0.25) is 4.79 Å². The van der Waals surface area contributed by atoms with Gasteiger partial charge >= 0.3 is 0 Å². The molecule has 1 aromatic rings. The van der Waals surface area contributed by atoms with Gasteiger partial charge in [0.1, 0.15) is 0 Å². The van der Waals surface area contributed by atoms with Crippen LogP contribution in [-0.2, 0) is 0 Å². The fraction of sp³-hybridized carbons (Fsp3) is 0.462. The molecule has 1 saturated heterocycles. The Bertz CT molecular complexity index is 373. The van der Waals surface area contributed by atoms with E-state index in [2.05, 4.69) is 0 Å². The Kier molecular flexibility index (Phi) is 5.29. The summed E-state index contributed by atoms with van der Waals surface area (Å²) in [6.07, 6.45) is 4.71. The number of hydrogen-bond donors (Lipinski definition) is 1. The Morgan fingerprint density at radius 1 is 1.12 bits per heavy atom. The summed E-state index contributed by atoms with van der Waals surface area (Å²) in [6.45, 7) is 1.77. The average Bonchev–Trinajstić information content (AvgIpc) is 2.56. The van der Waals surface area contributed by atoms with Crippen molar-refractivity contribution in [1.82, 2.24) is 4.90 Å². The standard InChI is InChI=1S/C13H18N2O.ClH/c14-12-7-5-6-11(10-12)13(16)15-8-3-1-2-4-9-15;/h5-7,10H,1-4,8-9,14H2;1H. The van der Waals surface area contributed by atoms with Gasteiger partial charge in [-0.1, -0.05) is 18.9 Å². The summed E-state index contributed by atoms with van der Waals surface area (Å²) >= 11 is 0. The van der Waals surface area contributed by atoms with Crippen molar-refractivity contribution in [2.75, 3.05) is 18.8 Å². The van der Waals surface area contributed by atoms with E-state index in [4.69, 9.17) is 5.73 Å². The minimum Gasteiger partial charge on any atom is -0.399 e. The number of nitrogens with zero attached hydrogens (tertiary/aromatic N) is 1. The maximum absolute atomic E-state index is 12.2. The molecule has 2 N–H and O–H groups in total. The summed E-state index contributed by atoms with van der Waals surface area (Å²) in [5.74, 6) is 0.120. The predicted octanol–water partition coefficient (Wildman–Crippen LogP) is 2.71. The van der Waals surface area contributed by atoms with Gasteiger partial charge in [0.2, 0.25) is 0 Å². The molecule has 0 bridgehead atoms. The molecule has 1 fully saturated rings. The molecule has 0 saturated carbocycles. The van der Waals surface area contributed by atoms with Crippen molar-refractivity contribution in [3.8, 4) is 0 Å². The number of hydrogen-bond acceptors (Lipinski definition) is 2. The average molecular weight is 255 g/mol. The van der Waals surface area contributed by atoms with Gasteiger partial charge in [-0.15, -0.1) is 12.4 Å². The molecule has 4 heteroatoms. The van der Waals surface area contributed by atoms with Crippen LogP contribution in [0.15, 0.2) is 24.3 Å². The first-order valence-electron chi connectivity index (χ1n) is 5.92. The molecule has 0 unspecified atom stereocenters. The molecule has 1 aliphatic heterocycles. The Morgan fingerprint density at radius 3 is 2.35 bits per heavy atom. The number of benzene rings is 1. The van der Waals surface area contributed by atoms with Crippen LogP contribution in [0.3, 0.4) is 0 Å². The first-order chi connectivity index (χ1) is 7.77. The van der Waals surface area contributed by atoms with Crippen LogP contribution in [0.4, 0.5) is 5.69 Å². The number of carbonyl (C=O) groups is 1. The van der Waals surface area contributed by atoms with Gasteiger partial charge in [-0.2, -0.15) is 0 Å². The maximum Gasteiger partial charge on any atom is 0.253 e. The maximum atomic E-state index is 12.2. The third kappa shape index (κ3) is 3.63. The second kappa shape index (κ2) is 6.50. The third-order valence-electron chi connectivity index (χ3n) is 3.03. The molecule has 0 atom stereocenters. The number of nitrogen functional groups attached to an aromatic ring is 1. The molecule has 94 valence electrons. The highest BCUT2D eigenvalue weighted by Crippen LogP contribution is 2.14. The minimum atomic E-state index is 0. The van der Waals surface area contributed by atoms with Crippen molar-refractivity contribution in [3.05, 3.63) is 29.8 Å². The van der Waals surface area contributed by atoms with E-state index >= 15 is 0 Å². The number of anilines is 1. The summed E-state index contributed by atoms with van der Waals surface area (Å²) in [5, 5.41) is 0. The molecule has 0 radical (unpaired) electrons. The minimum absolute atomic E-state index is 0. The second-order valence-corrected chi connectivity index (χ2v) is 4.33. The highest BCUT2D eigenvalue weighted by Gasteiger charge is 2.16. The van der Waals surface area contributed by atoms with Gasteiger partial charge in [0, 0.05) is 24.3 Å². The number of rotatable bonds is 1. The molecular weight excluding hydrogens is 236 g/mol. The fourth-order valence-corrected chi connectivity index (χ4v) is 2.13. The van der Waals surface area contributed by atoms with Crippen LogP contribution in [0.2, 0.25) is 0 Å². The largest absolute Gasteiger partial charge is 0.399 e. The third-order valence-corrected chi connectivity index (χ3v) is 3.03. The molecule has 0 aliphatic carbocycles. The van der Waals surface area contributed by atoms with Gasteiger partial charge in [-0.25, -0.2) is 0 Å². The molecule has 1 heterocycles. The van der Waals surface area contributed by atoms with E-state index in [0.717, 1.165) is 25.9 Å². The number of carbonyl (C=O) groups excluding carboxylic acids is 1. The topological polar surface area (TPSA) is 46.3 Å². The van der Waals surface area contributed by atoms with Gasteiger partial charge in [0.15, 0.2) is 0 Å². The molecule has 3 nitrogen and oxygen atoms in total. The van der Waals surface area contributed by atoms with Crippen molar-refractivity contribution < 1.29 is 4.79 Å². The van der Waals surface area contributed by atoms with E-state index in [1.165, 1.54) is 12.8 Å². The van der Waals surface area contributed by atoms with Gasteiger partial charge in [0.05, 0.1) is 0 Å². The van der Waals surface area contributed by atoms with E-state index in [-0.39, 0.29) is 18.3 Å². The van der Waals surface area contributed by atoms with Crippen LogP contribution >= 0.6 is 12.4 Å². The van der Waals surface area contributed by atoms with Crippen LogP contribution < -0.4 is 5.73 Å². The lowest BCUT2D eigenvalue weighted by atomic mass is 10.1. The first-order valence-corrected chi connectivity index (χ1v) is 5.92. The molecule has 1 aliphatic rings. The molecular formula is C13H19ClN2O. The van der Waals surface area contributed by atoms with Gasteiger partial charge in [-0.05, 0) is 31.0 Å². The van der Waals surface area contributed by atoms with E-state index in [1.807, 2.05) is 17.0 Å². The van der Waals surface area contributed by atoms with Gasteiger partial charge in [0.25, 0.3) is 5.91 Å². The Labute approximate surface area is 108 Å². The number of likely N-dealkylation sites (tertiary alicyclic amines) is 1. The zero-order valence-electron chi connectivity index (χ0n) is 9.89. The van der Waals surface area contributed by atoms with Crippen LogP contribution in [0.25, 0.3) is 0 Å². The lowest BCUT2D eigenvalue weighted by molar-refractivity contribution is 0.0761. The van der Waals surface area contributed by atoms with Crippen molar-refractivity contribution in [1.29, 1.82) is 0 Å². The van der Waals surface area contributed by atoms with Crippen molar-refractivity contribution in [3.63, 3.8) is 0 Å². The molecule has 0 spiro atoms. The first kappa shape index (κ1) is 13.8. The summed E-state index contributed by atoms with van der Waals surface area (Å²) in [5.41, 5.74) is 7.05. The van der Waals surface area contributed by atoms with E-state index < -0.39 is 0 Å². The molecule has 2 rings (SSSR count). The molecule has 1 aromatic carbocycles. The summed E-state index contributed by atoms with van der Waals surface area (Å²) in [6, 6.07) is 7.23. The zero-order chi connectivity index (χ0) is 11.4. The summed E-state index contributed by atoms with van der Waals surface area (Å²) in [7, 11) is 0. The monoisotopic (exact) mass is 254 g/mol. The lowest BCUT2D eigenvalue weighted by Gasteiger charge is -2.20. The lowest BCUT2D eigenvalue weighted by Crippen LogP contribution is -2.31. The highest BCUT2D eigenvalue weighted by molar-refractivity contribution is 5.95. The van der Waals surface area contributed by atoms with Crippen LogP contribution in [-0.4, -0.2) is 23.9 Å². The summed E-state index contributed by atoms with van der Waals surface area (Å²) in [4.78, 5) is 14.1. The Morgan fingerprint density at radius 2 is 1.76 bits per heavy atom. The number of halogens is 1. The van der Waals surface area contributed by atoms with Crippen molar-refractivity contribution in [2.45, 2.75) is 25.7 Å². The van der Waals surface area contributed by atoms with Crippen molar-refractivity contribution >= 4 is 24.0 Å². The normalized spacial score (nSPS) is 15.9.